The second kappa shape index (κ2) is 10.5. The maximum Gasteiger partial charge on any atom is 0.255 e. The van der Waals surface area contributed by atoms with Crippen molar-refractivity contribution in [3.8, 4) is 0 Å². The van der Waals surface area contributed by atoms with Gasteiger partial charge in [-0.05, 0) is 73.9 Å². The average molecular weight is 453 g/mol. The highest BCUT2D eigenvalue weighted by atomic mass is 35.5. The molecule has 160 valence electrons. The lowest BCUT2D eigenvalue weighted by Crippen LogP contribution is -2.23. The number of halogens is 1. The molecule has 3 aromatic rings. The van der Waals surface area contributed by atoms with Crippen LogP contribution in [-0.4, -0.2) is 17.1 Å². The Balaban J connectivity index is 1.60. The van der Waals surface area contributed by atoms with Crippen LogP contribution in [0.25, 0.3) is 0 Å². The lowest BCUT2D eigenvalue weighted by Gasteiger charge is -2.16. The molecule has 0 bridgehead atoms. The Morgan fingerprint density at radius 2 is 1.71 bits per heavy atom. The molecule has 0 aliphatic rings. The third-order valence-corrected chi connectivity index (χ3v) is 6.22. The Morgan fingerprint density at radius 1 is 1.00 bits per heavy atom. The molecule has 1 unspecified atom stereocenters. The summed E-state index contributed by atoms with van der Waals surface area (Å²) >= 11 is 7.42. The van der Waals surface area contributed by atoms with Crippen molar-refractivity contribution in [1.29, 1.82) is 0 Å². The molecule has 0 spiro atoms. The molecule has 2 amide bonds. The normalized spacial score (nSPS) is 11.6. The van der Waals surface area contributed by atoms with E-state index in [1.54, 1.807) is 24.3 Å². The minimum absolute atomic E-state index is 0.0349. The van der Waals surface area contributed by atoms with Gasteiger partial charge in [-0.3, -0.25) is 9.59 Å². The first-order valence-electron chi connectivity index (χ1n) is 10.1. The van der Waals surface area contributed by atoms with Crippen molar-refractivity contribution in [1.82, 2.24) is 0 Å². The monoisotopic (exact) mass is 452 g/mol. The molecule has 0 aliphatic heterocycles. The summed E-state index contributed by atoms with van der Waals surface area (Å²) in [5.74, 6) is -0.257. The Morgan fingerprint density at radius 3 is 2.39 bits per heavy atom. The number of rotatable bonds is 7. The van der Waals surface area contributed by atoms with Crippen LogP contribution in [0, 0.1) is 6.92 Å². The van der Waals surface area contributed by atoms with Gasteiger partial charge in [0.05, 0.1) is 5.25 Å². The second-order valence-electron chi connectivity index (χ2n) is 7.20. The van der Waals surface area contributed by atoms with Crippen molar-refractivity contribution in [2.45, 2.75) is 37.3 Å². The van der Waals surface area contributed by atoms with E-state index >= 15 is 0 Å². The van der Waals surface area contributed by atoms with Crippen LogP contribution in [0.1, 0.15) is 35.3 Å². The van der Waals surface area contributed by atoms with Crippen LogP contribution in [0.15, 0.2) is 71.6 Å². The highest BCUT2D eigenvalue weighted by Crippen LogP contribution is 2.27. The summed E-state index contributed by atoms with van der Waals surface area (Å²) in [6, 6.07) is 20.3. The molecule has 0 aliphatic carbocycles. The zero-order valence-corrected chi connectivity index (χ0v) is 19.3. The number of thioether (sulfide) groups is 1. The highest BCUT2D eigenvalue weighted by Gasteiger charge is 2.17. The zero-order valence-electron chi connectivity index (χ0n) is 17.7. The van der Waals surface area contributed by atoms with Gasteiger partial charge in [0, 0.05) is 26.9 Å². The average Bonchev–Trinajstić information content (AvgIpc) is 2.76. The van der Waals surface area contributed by atoms with Crippen LogP contribution in [0.2, 0.25) is 5.02 Å². The quantitative estimate of drug-likeness (QED) is 0.398. The summed E-state index contributed by atoms with van der Waals surface area (Å²) in [6.45, 7) is 5.97. The standard InChI is InChI=1S/C25H25ClN2O2S/c1-4-18-8-5-7-16(2)23(18)28-24(29)17(3)31-22-13-11-21(12-14-22)27-25(30)19-9-6-10-20(26)15-19/h5-15,17H,4H2,1-3H3,(H,27,30)(H,28,29). The minimum Gasteiger partial charge on any atom is -0.325 e. The van der Waals surface area contributed by atoms with E-state index in [9.17, 15) is 9.59 Å². The van der Waals surface area contributed by atoms with Gasteiger partial charge in [0.15, 0.2) is 0 Å². The number of aryl methyl sites for hydroxylation is 2. The van der Waals surface area contributed by atoms with Gasteiger partial charge in [-0.1, -0.05) is 42.8 Å². The zero-order chi connectivity index (χ0) is 22.4. The predicted octanol–water partition coefficient (Wildman–Crippen LogP) is 6.58. The largest absolute Gasteiger partial charge is 0.325 e. The Hall–Kier alpha value is -2.76. The molecular formula is C25H25ClN2O2S. The molecule has 2 N–H and O–H groups in total. The van der Waals surface area contributed by atoms with Crippen molar-refractivity contribution in [3.63, 3.8) is 0 Å². The molecule has 0 fully saturated rings. The Labute approximate surface area is 192 Å². The SMILES string of the molecule is CCc1cccc(C)c1NC(=O)C(C)Sc1ccc(NC(=O)c2cccc(Cl)c2)cc1. The van der Waals surface area contributed by atoms with Gasteiger partial charge in [0.1, 0.15) is 0 Å². The van der Waals surface area contributed by atoms with E-state index in [2.05, 4.69) is 17.6 Å². The number of hydrogen-bond donors (Lipinski definition) is 2. The van der Waals surface area contributed by atoms with Crippen molar-refractivity contribution >= 4 is 46.6 Å². The number of carbonyl (C=O) groups excluding carboxylic acids is 2. The summed E-state index contributed by atoms with van der Waals surface area (Å²) in [6.07, 6.45) is 0.862. The third-order valence-electron chi connectivity index (χ3n) is 4.87. The van der Waals surface area contributed by atoms with E-state index < -0.39 is 0 Å². The van der Waals surface area contributed by atoms with Gasteiger partial charge in [0.25, 0.3) is 5.91 Å². The molecule has 1 atom stereocenters. The first-order chi connectivity index (χ1) is 14.9. The Kier molecular flexibility index (Phi) is 7.77. The van der Waals surface area contributed by atoms with Crippen LogP contribution in [0.4, 0.5) is 11.4 Å². The molecular weight excluding hydrogens is 428 g/mol. The maximum absolute atomic E-state index is 12.7. The van der Waals surface area contributed by atoms with Crippen LogP contribution in [-0.2, 0) is 11.2 Å². The molecule has 0 aromatic heterocycles. The molecule has 3 rings (SSSR count). The van der Waals surface area contributed by atoms with Gasteiger partial charge in [-0.2, -0.15) is 0 Å². The van der Waals surface area contributed by atoms with E-state index in [0.717, 1.165) is 28.1 Å². The number of carbonyl (C=O) groups is 2. The van der Waals surface area contributed by atoms with Crippen LogP contribution < -0.4 is 10.6 Å². The predicted molar refractivity (Wildman–Crippen MR) is 130 cm³/mol. The van der Waals surface area contributed by atoms with Crippen LogP contribution in [0.3, 0.4) is 0 Å². The second-order valence-corrected chi connectivity index (χ2v) is 9.05. The van der Waals surface area contributed by atoms with E-state index in [1.165, 1.54) is 11.8 Å². The summed E-state index contributed by atoms with van der Waals surface area (Å²) in [5, 5.41) is 6.19. The molecule has 0 saturated heterocycles. The van der Waals surface area contributed by atoms with Crippen molar-refractivity contribution < 1.29 is 9.59 Å². The van der Waals surface area contributed by atoms with Crippen molar-refractivity contribution in [3.05, 3.63) is 88.4 Å². The summed E-state index contributed by atoms with van der Waals surface area (Å²) in [5.41, 5.74) is 4.27. The topological polar surface area (TPSA) is 58.2 Å². The van der Waals surface area contributed by atoms with E-state index in [-0.39, 0.29) is 17.1 Å². The number of benzene rings is 3. The number of anilines is 2. The molecule has 4 nitrogen and oxygen atoms in total. The minimum atomic E-state index is -0.267. The fourth-order valence-electron chi connectivity index (χ4n) is 3.13. The fourth-order valence-corrected chi connectivity index (χ4v) is 4.19. The van der Waals surface area contributed by atoms with Gasteiger partial charge in [0.2, 0.25) is 5.91 Å². The van der Waals surface area contributed by atoms with E-state index in [4.69, 9.17) is 11.6 Å². The van der Waals surface area contributed by atoms with Gasteiger partial charge in [-0.25, -0.2) is 0 Å². The fraction of sp³-hybridized carbons (Fsp3) is 0.200. The lowest BCUT2D eigenvalue weighted by molar-refractivity contribution is -0.115. The van der Waals surface area contributed by atoms with E-state index in [0.29, 0.717) is 16.3 Å². The molecule has 0 saturated carbocycles. The first-order valence-corrected chi connectivity index (χ1v) is 11.4. The van der Waals surface area contributed by atoms with Gasteiger partial charge < -0.3 is 10.6 Å². The lowest BCUT2D eigenvalue weighted by atomic mass is 10.1. The Bertz CT molecular complexity index is 1080. The molecule has 0 heterocycles. The summed E-state index contributed by atoms with van der Waals surface area (Å²) < 4.78 is 0. The van der Waals surface area contributed by atoms with Gasteiger partial charge >= 0.3 is 0 Å². The van der Waals surface area contributed by atoms with Gasteiger partial charge in [-0.15, -0.1) is 11.8 Å². The summed E-state index contributed by atoms with van der Waals surface area (Å²) in [7, 11) is 0. The number of amides is 2. The molecule has 0 radical (unpaired) electrons. The molecule has 6 heteroatoms. The molecule has 3 aromatic carbocycles. The smallest absolute Gasteiger partial charge is 0.255 e. The number of hydrogen-bond acceptors (Lipinski definition) is 3. The number of nitrogens with one attached hydrogen (secondary N) is 2. The number of para-hydroxylation sites is 1. The molecule has 31 heavy (non-hydrogen) atoms. The maximum atomic E-state index is 12.7. The first kappa shape index (κ1) is 22.9. The van der Waals surface area contributed by atoms with E-state index in [1.807, 2.05) is 56.3 Å². The van der Waals surface area contributed by atoms with Crippen LogP contribution >= 0.6 is 23.4 Å². The van der Waals surface area contributed by atoms with Crippen molar-refractivity contribution in [2.75, 3.05) is 10.6 Å². The highest BCUT2D eigenvalue weighted by molar-refractivity contribution is 8.00. The van der Waals surface area contributed by atoms with Crippen molar-refractivity contribution in [2.24, 2.45) is 0 Å². The third kappa shape index (κ3) is 6.12. The summed E-state index contributed by atoms with van der Waals surface area (Å²) in [4.78, 5) is 26.0. The van der Waals surface area contributed by atoms with Crippen LogP contribution in [0.5, 0.6) is 0 Å².